The van der Waals surface area contributed by atoms with Crippen LogP contribution in [-0.2, 0) is 16.6 Å². The van der Waals surface area contributed by atoms with Crippen molar-refractivity contribution < 1.29 is 19.3 Å². The van der Waals surface area contributed by atoms with Gasteiger partial charge in [-0.25, -0.2) is 4.98 Å². The molecule has 2 aromatic carbocycles. The molecule has 7 heteroatoms. The largest absolute Gasteiger partial charge is 0.504 e. The van der Waals surface area contributed by atoms with Crippen LogP contribution >= 0.6 is 0 Å². The second-order valence-electron chi connectivity index (χ2n) is 13.3. The number of nitrogens with zero attached hydrogens (tertiary/aromatic N) is 3. The lowest BCUT2D eigenvalue weighted by Gasteiger charge is -2.73. The quantitative estimate of drug-likeness (QED) is 0.462. The Morgan fingerprint density at radius 2 is 1.98 bits per heavy atom. The van der Waals surface area contributed by atoms with Gasteiger partial charge in [-0.2, -0.15) is 0 Å². The molecule has 6 atom stereocenters. The van der Waals surface area contributed by atoms with Gasteiger partial charge in [-0.3, -0.25) is 4.90 Å². The second-order valence-corrected chi connectivity index (χ2v) is 13.3. The van der Waals surface area contributed by atoms with Crippen LogP contribution in [0.5, 0.6) is 17.2 Å². The average molecular weight is 540 g/mol. The summed E-state index contributed by atoms with van der Waals surface area (Å²) in [4.78, 5) is 7.01. The number of imidazole rings is 1. The number of phenolic OH excluding ortho intramolecular Hbond substituents is 1. The highest BCUT2D eigenvalue weighted by atomic mass is 16.6. The number of phenols is 1. The highest BCUT2D eigenvalue weighted by Crippen LogP contribution is 2.76. The van der Waals surface area contributed by atoms with Crippen LogP contribution in [0.4, 0.5) is 0 Å². The van der Waals surface area contributed by atoms with E-state index in [1.165, 1.54) is 30.5 Å². The molecule has 3 heterocycles. The van der Waals surface area contributed by atoms with E-state index in [4.69, 9.17) is 14.2 Å². The van der Waals surface area contributed by atoms with Crippen LogP contribution in [0.3, 0.4) is 0 Å². The van der Waals surface area contributed by atoms with Crippen molar-refractivity contribution in [2.24, 2.45) is 17.3 Å². The number of fused-ring (bicyclic) bond motifs is 2. The number of aromatic nitrogens is 2. The van der Waals surface area contributed by atoms with Gasteiger partial charge in [-0.05, 0) is 93.3 Å². The summed E-state index contributed by atoms with van der Waals surface area (Å²) in [5.41, 5.74) is 3.33. The number of piperidine rings is 1. The van der Waals surface area contributed by atoms with Crippen LogP contribution in [-0.4, -0.2) is 64.1 Å². The fraction of sp³-hybridized carbons (Fsp3) is 0.545. The van der Waals surface area contributed by atoms with Crippen molar-refractivity contribution in [2.75, 3.05) is 26.8 Å². The molecule has 0 amide bonds. The molecule has 1 unspecified atom stereocenters. The molecular weight excluding hydrogens is 502 g/mol. The fourth-order valence-corrected chi connectivity index (χ4v) is 10.1. The van der Waals surface area contributed by atoms with Crippen molar-refractivity contribution in [1.29, 1.82) is 0 Å². The number of methoxy groups -OCH3 is 1. The lowest BCUT2D eigenvalue weighted by atomic mass is 9.35. The third kappa shape index (κ3) is 2.85. The molecular formula is C33H37N3O4. The first kappa shape index (κ1) is 23.7. The van der Waals surface area contributed by atoms with Crippen LogP contribution in [0, 0.1) is 17.3 Å². The van der Waals surface area contributed by atoms with Gasteiger partial charge in [0.2, 0.25) is 0 Å². The summed E-state index contributed by atoms with van der Waals surface area (Å²) in [7, 11) is 1.87. The number of hydrogen-bond acceptors (Lipinski definition) is 6. The van der Waals surface area contributed by atoms with Gasteiger partial charge in [0.25, 0.3) is 0 Å². The number of hydrogen-bond donors (Lipinski definition) is 1. The SMILES string of the molecule is COC12CC[C@@]3(C[C@@H]1COc1ccc(-n4ccnc4)cc1)[C@H]1Cc4ccc(O)c5c4[C@@]3(CCN1CC1CC1)[C@H]2O5. The standard InChI is InChI=1S/C33H37N3O4/c1-38-33-11-10-31(17-23(33)19-39-25-7-5-24(6-8-25)36-15-13-34-20-36)27-16-22-4-9-26(37)29-28(22)32(31,30(33)40-29)12-14-35(27)18-21-2-3-21/h4-9,13,15,20-21,23,27,30,37H,2-3,10-12,14,16-19H2,1H3/t23-,27-,30-,31-,32+,33?/m1/s1. The van der Waals surface area contributed by atoms with E-state index >= 15 is 0 Å². The molecule has 2 spiro atoms. The zero-order valence-electron chi connectivity index (χ0n) is 23.1. The third-order valence-electron chi connectivity index (χ3n) is 11.9. The van der Waals surface area contributed by atoms with Crippen LogP contribution in [0.15, 0.2) is 55.1 Å². The summed E-state index contributed by atoms with van der Waals surface area (Å²) in [5.74, 6) is 2.97. The van der Waals surface area contributed by atoms with E-state index < -0.39 is 5.60 Å². The van der Waals surface area contributed by atoms with E-state index in [9.17, 15) is 5.11 Å². The molecule has 5 fully saturated rings. The zero-order valence-corrected chi connectivity index (χ0v) is 23.1. The molecule has 1 saturated heterocycles. The number of ether oxygens (including phenoxy) is 3. The topological polar surface area (TPSA) is 69.0 Å². The molecule has 7 aliphatic rings. The number of aromatic hydroxyl groups is 1. The summed E-state index contributed by atoms with van der Waals surface area (Å²) in [6.07, 6.45) is 13.5. The summed E-state index contributed by atoms with van der Waals surface area (Å²) in [6, 6.07) is 12.8. The van der Waals surface area contributed by atoms with Crippen molar-refractivity contribution in [3.8, 4) is 22.9 Å². The molecule has 1 aromatic heterocycles. The number of likely N-dealkylation sites (tertiary alicyclic amines) is 1. The Bertz CT molecular complexity index is 1470. The zero-order chi connectivity index (χ0) is 26.7. The minimum atomic E-state index is -0.443. The summed E-state index contributed by atoms with van der Waals surface area (Å²) >= 11 is 0. The van der Waals surface area contributed by atoms with Gasteiger partial charge < -0.3 is 23.9 Å². The molecule has 7 nitrogen and oxygen atoms in total. The second kappa shape index (κ2) is 8.04. The third-order valence-corrected chi connectivity index (χ3v) is 11.9. The minimum absolute atomic E-state index is 0.0994. The predicted molar refractivity (Wildman–Crippen MR) is 149 cm³/mol. The van der Waals surface area contributed by atoms with Gasteiger partial charge >= 0.3 is 0 Å². The first-order chi connectivity index (χ1) is 19.6. The Morgan fingerprint density at radius 1 is 1.10 bits per heavy atom. The summed E-state index contributed by atoms with van der Waals surface area (Å²) in [6.45, 7) is 2.94. The highest BCUT2D eigenvalue weighted by molar-refractivity contribution is 5.63. The van der Waals surface area contributed by atoms with Gasteiger partial charge in [-0.15, -0.1) is 0 Å². The Morgan fingerprint density at radius 3 is 2.75 bits per heavy atom. The van der Waals surface area contributed by atoms with Crippen molar-refractivity contribution in [1.82, 2.24) is 14.5 Å². The van der Waals surface area contributed by atoms with Crippen molar-refractivity contribution in [2.45, 2.75) is 68.1 Å². The first-order valence-electron chi connectivity index (χ1n) is 15.1. The summed E-state index contributed by atoms with van der Waals surface area (Å²) < 4.78 is 22.1. The molecule has 3 aromatic rings. The smallest absolute Gasteiger partial charge is 0.165 e. The minimum Gasteiger partial charge on any atom is -0.504 e. The average Bonchev–Trinajstić information content (AvgIpc) is 3.47. The van der Waals surface area contributed by atoms with Gasteiger partial charge in [0.1, 0.15) is 17.5 Å². The molecule has 40 heavy (non-hydrogen) atoms. The van der Waals surface area contributed by atoms with Crippen LogP contribution < -0.4 is 9.47 Å². The van der Waals surface area contributed by atoms with Gasteiger partial charge in [-0.1, -0.05) is 6.07 Å². The lowest BCUT2D eigenvalue weighted by Crippen LogP contribution is -2.81. The molecule has 1 N–H and O–H groups in total. The molecule has 2 aliphatic heterocycles. The van der Waals surface area contributed by atoms with Gasteiger partial charge in [0, 0.05) is 60.1 Å². The van der Waals surface area contributed by atoms with Crippen molar-refractivity contribution in [3.05, 3.63) is 66.2 Å². The normalized spacial score (nSPS) is 36.8. The molecule has 4 saturated carbocycles. The van der Waals surface area contributed by atoms with Crippen molar-refractivity contribution in [3.63, 3.8) is 0 Å². The number of rotatable bonds is 7. The fourth-order valence-electron chi connectivity index (χ4n) is 10.1. The van der Waals surface area contributed by atoms with E-state index in [0.29, 0.717) is 12.6 Å². The maximum Gasteiger partial charge on any atom is 0.165 e. The molecule has 10 rings (SSSR count). The molecule has 208 valence electrons. The predicted octanol–water partition coefficient (Wildman–Crippen LogP) is 4.88. The Hall–Kier alpha value is -3.03. The van der Waals surface area contributed by atoms with E-state index in [1.807, 2.05) is 30.3 Å². The number of benzene rings is 2. The van der Waals surface area contributed by atoms with Crippen LogP contribution in [0.1, 0.15) is 49.7 Å². The monoisotopic (exact) mass is 539 g/mol. The Labute approximate surface area is 235 Å². The van der Waals surface area contributed by atoms with E-state index in [1.54, 1.807) is 6.20 Å². The maximum atomic E-state index is 11.0. The van der Waals surface area contributed by atoms with E-state index in [-0.39, 0.29) is 28.6 Å². The van der Waals surface area contributed by atoms with Crippen LogP contribution in [0.2, 0.25) is 0 Å². The first-order valence-corrected chi connectivity index (χ1v) is 15.1. The lowest BCUT2D eigenvalue weighted by molar-refractivity contribution is -0.280. The molecule has 0 radical (unpaired) electrons. The molecule has 5 aliphatic carbocycles. The van der Waals surface area contributed by atoms with Crippen LogP contribution in [0.25, 0.3) is 5.69 Å². The molecule has 4 bridgehead atoms. The van der Waals surface area contributed by atoms with Crippen molar-refractivity contribution >= 4 is 0 Å². The summed E-state index contributed by atoms with van der Waals surface area (Å²) in [5, 5.41) is 11.0. The van der Waals surface area contributed by atoms with Gasteiger partial charge in [0.15, 0.2) is 11.5 Å². The Kier molecular flexibility index (Phi) is 4.75. The highest BCUT2D eigenvalue weighted by Gasteiger charge is 2.80. The van der Waals surface area contributed by atoms with Gasteiger partial charge in [0.05, 0.1) is 12.9 Å². The maximum absolute atomic E-state index is 11.0. The Balaban J connectivity index is 1.10. The van der Waals surface area contributed by atoms with E-state index in [2.05, 4.69) is 40.2 Å². The van der Waals surface area contributed by atoms with E-state index in [0.717, 1.165) is 61.8 Å².